The van der Waals surface area contributed by atoms with E-state index in [9.17, 15) is 22.4 Å². The molecule has 8 nitrogen and oxygen atoms in total. The zero-order valence-electron chi connectivity index (χ0n) is 26.4. The Hall–Kier alpha value is -4.70. The highest BCUT2D eigenvalue weighted by Crippen LogP contribution is 2.26. The second kappa shape index (κ2) is 16.0. The van der Waals surface area contributed by atoms with Gasteiger partial charge in [0.15, 0.2) is 0 Å². The molecular formula is C36H40FN3O5S. The summed E-state index contributed by atoms with van der Waals surface area (Å²) in [5.41, 5.74) is 2.71. The number of nitrogens with one attached hydrogen (secondary N) is 1. The maximum absolute atomic E-state index is 14.5. The van der Waals surface area contributed by atoms with Gasteiger partial charge in [-0.05, 0) is 73.0 Å². The maximum atomic E-state index is 14.5. The molecule has 0 saturated carbocycles. The van der Waals surface area contributed by atoms with E-state index in [1.165, 1.54) is 17.0 Å². The number of amides is 2. The third-order valence-corrected chi connectivity index (χ3v) is 9.38. The zero-order valence-corrected chi connectivity index (χ0v) is 27.2. The molecule has 0 aliphatic heterocycles. The molecule has 0 heterocycles. The number of unbranched alkanes of at least 4 members (excludes halogenated alkanes) is 1. The summed E-state index contributed by atoms with van der Waals surface area (Å²) in [4.78, 5) is 29.6. The van der Waals surface area contributed by atoms with Crippen molar-refractivity contribution in [3.05, 3.63) is 126 Å². The van der Waals surface area contributed by atoms with Gasteiger partial charge in [-0.2, -0.15) is 0 Å². The number of carbonyl (C=O) groups excluding carboxylic acids is 2. The molecule has 0 aliphatic carbocycles. The fourth-order valence-corrected chi connectivity index (χ4v) is 6.42. The van der Waals surface area contributed by atoms with Crippen LogP contribution in [-0.2, 0) is 32.6 Å². The van der Waals surface area contributed by atoms with Gasteiger partial charge in [-0.3, -0.25) is 13.9 Å². The highest BCUT2D eigenvalue weighted by Gasteiger charge is 2.34. The van der Waals surface area contributed by atoms with Crippen molar-refractivity contribution < 1.29 is 27.1 Å². The van der Waals surface area contributed by atoms with Gasteiger partial charge in [0.2, 0.25) is 11.8 Å². The van der Waals surface area contributed by atoms with Crippen LogP contribution in [0.1, 0.15) is 36.5 Å². The van der Waals surface area contributed by atoms with E-state index in [1.807, 2.05) is 50.2 Å². The largest absolute Gasteiger partial charge is 0.497 e. The smallest absolute Gasteiger partial charge is 0.264 e. The minimum atomic E-state index is -4.32. The molecule has 10 heteroatoms. The summed E-state index contributed by atoms with van der Waals surface area (Å²) in [6.07, 6.45) is 1.86. The molecule has 4 rings (SSSR count). The van der Waals surface area contributed by atoms with Gasteiger partial charge in [-0.1, -0.05) is 73.5 Å². The summed E-state index contributed by atoms with van der Waals surface area (Å²) in [5, 5.41) is 2.98. The maximum Gasteiger partial charge on any atom is 0.264 e. The third kappa shape index (κ3) is 8.94. The van der Waals surface area contributed by atoms with Crippen molar-refractivity contribution in [3.63, 3.8) is 0 Å². The van der Waals surface area contributed by atoms with Crippen molar-refractivity contribution in [1.82, 2.24) is 10.2 Å². The Balaban J connectivity index is 1.79. The Bertz CT molecular complexity index is 1700. The van der Waals surface area contributed by atoms with E-state index in [0.717, 1.165) is 40.4 Å². The van der Waals surface area contributed by atoms with Crippen LogP contribution in [0.3, 0.4) is 0 Å². The second-order valence-electron chi connectivity index (χ2n) is 11.0. The average Bonchev–Trinajstić information content (AvgIpc) is 3.06. The Morgan fingerprint density at radius 3 is 2.22 bits per heavy atom. The summed E-state index contributed by atoms with van der Waals surface area (Å²) in [5.74, 6) is -0.922. The average molecular weight is 646 g/mol. The van der Waals surface area contributed by atoms with Crippen LogP contribution in [0.4, 0.5) is 10.1 Å². The number of hydrogen-bond acceptors (Lipinski definition) is 5. The van der Waals surface area contributed by atoms with Crippen molar-refractivity contribution >= 4 is 27.5 Å². The van der Waals surface area contributed by atoms with Crippen LogP contribution < -0.4 is 14.4 Å². The van der Waals surface area contributed by atoms with Gasteiger partial charge in [0.05, 0.1) is 17.7 Å². The van der Waals surface area contributed by atoms with Gasteiger partial charge in [-0.25, -0.2) is 12.8 Å². The van der Waals surface area contributed by atoms with Crippen molar-refractivity contribution in [1.29, 1.82) is 0 Å². The molecule has 0 saturated heterocycles. The van der Waals surface area contributed by atoms with Crippen LogP contribution in [0, 0.1) is 12.7 Å². The van der Waals surface area contributed by atoms with Crippen LogP contribution >= 0.6 is 0 Å². The first-order valence-electron chi connectivity index (χ1n) is 15.2. The van der Waals surface area contributed by atoms with Gasteiger partial charge in [0.25, 0.3) is 10.0 Å². The second-order valence-corrected chi connectivity index (χ2v) is 12.9. The molecule has 4 aromatic rings. The molecule has 242 valence electrons. The van der Waals surface area contributed by atoms with E-state index in [0.29, 0.717) is 17.9 Å². The highest BCUT2D eigenvalue weighted by molar-refractivity contribution is 7.92. The fourth-order valence-electron chi connectivity index (χ4n) is 5.00. The number of halogens is 1. The van der Waals surface area contributed by atoms with E-state index in [1.54, 1.807) is 49.6 Å². The lowest BCUT2D eigenvalue weighted by molar-refractivity contribution is -0.140. The van der Waals surface area contributed by atoms with Gasteiger partial charge >= 0.3 is 0 Å². The zero-order chi connectivity index (χ0) is 33.1. The SMILES string of the molecule is CCCCNC(=O)C(Cc1ccccc1)N(Cc1cccc(OC)c1)C(=O)CN(c1ccc(C)cc1)S(=O)(=O)c1ccc(F)cc1. The van der Waals surface area contributed by atoms with Crippen LogP contribution in [-0.4, -0.2) is 51.4 Å². The summed E-state index contributed by atoms with van der Waals surface area (Å²) in [6, 6.07) is 26.8. The lowest BCUT2D eigenvalue weighted by atomic mass is 10.0. The van der Waals surface area contributed by atoms with E-state index < -0.39 is 34.3 Å². The standard InChI is InChI=1S/C36H40FN3O5S/c1-4-5-22-38-36(42)34(24-28-10-7-6-8-11-28)39(25-29-12-9-13-32(23-29)45-3)35(41)26-40(31-18-14-27(2)15-19-31)46(43,44)33-20-16-30(37)17-21-33/h6-21,23,34H,4-5,22,24-26H2,1-3H3,(H,38,42). The van der Waals surface area contributed by atoms with Crippen LogP contribution in [0.2, 0.25) is 0 Å². The van der Waals surface area contributed by atoms with Gasteiger partial charge in [0.1, 0.15) is 24.2 Å². The van der Waals surface area contributed by atoms with E-state index in [-0.39, 0.29) is 29.5 Å². The van der Waals surface area contributed by atoms with Crippen molar-refractivity contribution in [2.45, 2.75) is 50.6 Å². The molecule has 1 atom stereocenters. The molecule has 0 aromatic heterocycles. The normalized spacial score (nSPS) is 11.8. The first-order chi connectivity index (χ1) is 22.1. The number of methoxy groups -OCH3 is 1. The molecule has 0 aliphatic rings. The van der Waals surface area contributed by atoms with E-state index >= 15 is 0 Å². The van der Waals surface area contributed by atoms with E-state index in [2.05, 4.69) is 5.32 Å². The fraction of sp³-hybridized carbons (Fsp3) is 0.278. The summed E-state index contributed by atoms with van der Waals surface area (Å²) >= 11 is 0. The minimum absolute atomic E-state index is 0.0209. The van der Waals surface area contributed by atoms with Gasteiger partial charge in [0, 0.05) is 19.5 Å². The molecule has 0 spiro atoms. The number of aryl methyl sites for hydroxylation is 1. The predicted molar refractivity (Wildman–Crippen MR) is 178 cm³/mol. The Morgan fingerprint density at radius 1 is 0.891 bits per heavy atom. The first-order valence-corrected chi connectivity index (χ1v) is 16.7. The monoisotopic (exact) mass is 645 g/mol. The highest BCUT2D eigenvalue weighted by atomic mass is 32.2. The lowest BCUT2D eigenvalue weighted by Crippen LogP contribution is -2.53. The van der Waals surface area contributed by atoms with Crippen molar-refractivity contribution in [2.24, 2.45) is 0 Å². The number of rotatable bonds is 15. The van der Waals surface area contributed by atoms with Gasteiger partial charge < -0.3 is 15.0 Å². The van der Waals surface area contributed by atoms with E-state index in [4.69, 9.17) is 4.74 Å². The minimum Gasteiger partial charge on any atom is -0.497 e. The molecule has 46 heavy (non-hydrogen) atoms. The number of anilines is 1. The van der Waals surface area contributed by atoms with Crippen LogP contribution in [0.25, 0.3) is 0 Å². The number of ether oxygens (including phenoxy) is 1. The van der Waals surface area contributed by atoms with Crippen LogP contribution in [0.5, 0.6) is 5.75 Å². The number of nitrogens with zero attached hydrogens (tertiary/aromatic N) is 2. The molecule has 0 radical (unpaired) electrons. The molecule has 4 aromatic carbocycles. The molecule has 1 N–H and O–H groups in total. The first kappa shape index (κ1) is 34.2. The topological polar surface area (TPSA) is 96.0 Å². The molecule has 1 unspecified atom stereocenters. The third-order valence-electron chi connectivity index (χ3n) is 7.59. The molecule has 0 bridgehead atoms. The lowest BCUT2D eigenvalue weighted by Gasteiger charge is -2.34. The Kier molecular flexibility index (Phi) is 11.9. The van der Waals surface area contributed by atoms with Crippen LogP contribution in [0.15, 0.2) is 108 Å². The summed E-state index contributed by atoms with van der Waals surface area (Å²) < 4.78 is 48.2. The predicted octanol–water partition coefficient (Wildman–Crippen LogP) is 5.89. The molecule has 2 amide bonds. The number of carbonyl (C=O) groups is 2. The summed E-state index contributed by atoms with van der Waals surface area (Å²) in [7, 11) is -2.78. The Morgan fingerprint density at radius 2 is 1.57 bits per heavy atom. The molecule has 0 fully saturated rings. The number of hydrogen-bond donors (Lipinski definition) is 1. The quantitative estimate of drug-likeness (QED) is 0.163. The number of benzene rings is 4. The summed E-state index contributed by atoms with van der Waals surface area (Å²) in [6.45, 7) is 3.76. The Labute approximate surface area is 270 Å². The number of sulfonamides is 1. The van der Waals surface area contributed by atoms with Crippen molar-refractivity contribution in [2.75, 3.05) is 24.5 Å². The van der Waals surface area contributed by atoms with Gasteiger partial charge in [-0.15, -0.1) is 0 Å². The van der Waals surface area contributed by atoms with Crippen molar-refractivity contribution in [3.8, 4) is 5.75 Å². The molecular weight excluding hydrogens is 605 g/mol.